The van der Waals surface area contributed by atoms with Crippen molar-refractivity contribution in [3.8, 4) is 0 Å². The van der Waals surface area contributed by atoms with E-state index < -0.39 is 16.3 Å². The molecule has 3 aliphatic heterocycles. The highest BCUT2D eigenvalue weighted by atomic mass is 32.2. The summed E-state index contributed by atoms with van der Waals surface area (Å²) in [5, 5.41) is 0. The molecule has 0 unspecified atom stereocenters. The van der Waals surface area contributed by atoms with Crippen LogP contribution in [0.15, 0.2) is 0 Å². The van der Waals surface area contributed by atoms with Gasteiger partial charge in [-0.25, -0.2) is 0 Å². The van der Waals surface area contributed by atoms with Gasteiger partial charge in [-0.3, -0.25) is 4.79 Å². The van der Waals surface area contributed by atoms with E-state index in [2.05, 4.69) is 6.92 Å². The maximum atomic E-state index is 12.9. The minimum Gasteiger partial charge on any atom is -0.341 e. The first-order valence-electron chi connectivity index (χ1n) is 8.13. The van der Waals surface area contributed by atoms with Crippen molar-refractivity contribution < 1.29 is 13.2 Å². The Hall–Kier alpha value is -0.310. The van der Waals surface area contributed by atoms with Gasteiger partial charge in [-0.1, -0.05) is 6.92 Å². The molecule has 126 valence electrons. The molecule has 1 amide bonds. The summed E-state index contributed by atoms with van der Waals surface area (Å²) < 4.78 is 28.9. The Kier molecular flexibility index (Phi) is 5.01. The van der Waals surface area contributed by atoms with Gasteiger partial charge in [0.2, 0.25) is 5.91 Å². The summed E-state index contributed by atoms with van der Waals surface area (Å²) in [4.78, 5) is 14.5. The lowest BCUT2D eigenvalue weighted by molar-refractivity contribution is -0.133. The molecule has 8 heteroatoms. The third-order valence-corrected chi connectivity index (χ3v) is 7.92. The number of hydrogen-bond acceptors (Lipinski definition) is 4. The smallest absolute Gasteiger partial charge is 0.283 e. The molecule has 6 nitrogen and oxygen atoms in total. The average molecular weight is 348 g/mol. The molecule has 0 aromatic rings. The van der Waals surface area contributed by atoms with Crippen LogP contribution in [0.3, 0.4) is 0 Å². The van der Waals surface area contributed by atoms with Crippen LogP contribution in [0.2, 0.25) is 0 Å². The van der Waals surface area contributed by atoms with Crippen LogP contribution in [-0.2, 0) is 15.0 Å². The lowest BCUT2D eigenvalue weighted by atomic mass is 10.0. The second-order valence-electron chi connectivity index (χ2n) is 6.55. The second kappa shape index (κ2) is 6.67. The first-order valence-corrected chi connectivity index (χ1v) is 10.7. The Balaban J connectivity index is 1.75. The fraction of sp³-hybridized carbons (Fsp3) is 0.929. The summed E-state index contributed by atoms with van der Waals surface area (Å²) in [6.07, 6.45) is 4.05. The van der Waals surface area contributed by atoms with E-state index in [1.54, 1.807) is 16.1 Å². The highest BCUT2D eigenvalue weighted by Crippen LogP contribution is 2.30. The van der Waals surface area contributed by atoms with Gasteiger partial charge in [0.15, 0.2) is 0 Å². The number of thioether (sulfide) groups is 1. The van der Waals surface area contributed by atoms with Crippen LogP contribution < -0.4 is 0 Å². The molecular weight excluding hydrogens is 322 g/mol. The zero-order valence-corrected chi connectivity index (χ0v) is 14.7. The molecule has 3 saturated heterocycles. The minimum atomic E-state index is -3.52. The van der Waals surface area contributed by atoms with E-state index in [9.17, 15) is 13.2 Å². The molecule has 0 aromatic heterocycles. The van der Waals surface area contributed by atoms with Crippen molar-refractivity contribution in [1.82, 2.24) is 13.5 Å². The molecule has 3 fully saturated rings. The second-order valence-corrected chi connectivity index (χ2v) is 9.43. The van der Waals surface area contributed by atoms with Crippen LogP contribution >= 0.6 is 11.8 Å². The van der Waals surface area contributed by atoms with Crippen LogP contribution in [0.5, 0.6) is 0 Å². The predicted molar refractivity (Wildman–Crippen MR) is 87.7 cm³/mol. The number of piperidine rings is 1. The number of nitrogens with zero attached hydrogens (tertiary/aromatic N) is 3. The molecule has 0 aliphatic carbocycles. The monoisotopic (exact) mass is 347 g/mol. The Morgan fingerprint density at radius 1 is 1.14 bits per heavy atom. The SMILES string of the molecule is C[C@H]1CCCN(S(=O)(=O)N2CSC[C@H]2C(=O)N2CCCC2)C1. The number of likely N-dealkylation sites (tertiary alicyclic amines) is 1. The number of carbonyl (C=O) groups excluding carboxylic acids is 1. The van der Waals surface area contributed by atoms with Crippen molar-refractivity contribution in [2.75, 3.05) is 37.8 Å². The molecule has 0 N–H and O–H groups in total. The molecule has 0 spiro atoms. The first kappa shape index (κ1) is 16.5. The molecule has 3 aliphatic rings. The first-order chi connectivity index (χ1) is 10.5. The Bertz CT molecular complexity index is 519. The molecule has 0 saturated carbocycles. The molecular formula is C14H25N3O3S2. The van der Waals surface area contributed by atoms with Gasteiger partial charge in [0.05, 0.1) is 5.88 Å². The minimum absolute atomic E-state index is 0.00358. The fourth-order valence-electron chi connectivity index (χ4n) is 3.50. The van der Waals surface area contributed by atoms with Crippen LogP contribution in [-0.4, -0.2) is 71.7 Å². The Morgan fingerprint density at radius 3 is 2.55 bits per heavy atom. The molecule has 0 aromatic carbocycles. The highest BCUT2D eigenvalue weighted by molar-refractivity contribution is 8.00. The van der Waals surface area contributed by atoms with Gasteiger partial charge in [-0.05, 0) is 31.6 Å². The van der Waals surface area contributed by atoms with Gasteiger partial charge < -0.3 is 4.90 Å². The maximum absolute atomic E-state index is 12.9. The summed E-state index contributed by atoms with van der Waals surface area (Å²) in [5.74, 6) is 1.37. The quantitative estimate of drug-likeness (QED) is 0.763. The Morgan fingerprint density at radius 2 is 1.86 bits per heavy atom. The van der Waals surface area contributed by atoms with Crippen molar-refractivity contribution in [3.05, 3.63) is 0 Å². The largest absolute Gasteiger partial charge is 0.341 e. The summed E-state index contributed by atoms with van der Waals surface area (Å²) >= 11 is 1.54. The fourth-order valence-corrected chi connectivity index (χ4v) is 6.95. The van der Waals surface area contributed by atoms with Crippen molar-refractivity contribution >= 4 is 27.9 Å². The number of carbonyl (C=O) groups is 1. The van der Waals surface area contributed by atoms with Crippen molar-refractivity contribution in [2.45, 2.75) is 38.6 Å². The third kappa shape index (κ3) is 3.16. The molecule has 3 rings (SSSR count). The normalized spacial score (nSPS) is 31.8. The van der Waals surface area contributed by atoms with E-state index >= 15 is 0 Å². The molecule has 0 radical (unpaired) electrons. The van der Waals surface area contributed by atoms with E-state index in [0.717, 1.165) is 38.8 Å². The summed E-state index contributed by atoms with van der Waals surface area (Å²) in [7, 11) is -3.52. The standard InChI is InChI=1S/C14H25N3O3S2/c1-12-5-4-8-16(9-12)22(19,20)17-11-21-10-13(17)14(18)15-6-2-3-7-15/h12-13H,2-11H2,1H3/t12-,13-/m0/s1. The van der Waals surface area contributed by atoms with Gasteiger partial charge in [0, 0.05) is 31.9 Å². The van der Waals surface area contributed by atoms with Gasteiger partial charge in [0.25, 0.3) is 10.2 Å². The van der Waals surface area contributed by atoms with Crippen molar-refractivity contribution in [3.63, 3.8) is 0 Å². The van der Waals surface area contributed by atoms with Gasteiger partial charge in [-0.2, -0.15) is 17.0 Å². The van der Waals surface area contributed by atoms with E-state index in [1.165, 1.54) is 4.31 Å². The average Bonchev–Trinajstić information content (AvgIpc) is 3.18. The van der Waals surface area contributed by atoms with E-state index in [0.29, 0.717) is 30.6 Å². The lowest BCUT2D eigenvalue weighted by Gasteiger charge is -2.35. The van der Waals surface area contributed by atoms with Gasteiger partial charge in [0.1, 0.15) is 6.04 Å². The lowest BCUT2D eigenvalue weighted by Crippen LogP contribution is -2.54. The number of amides is 1. The number of rotatable bonds is 3. The molecule has 22 heavy (non-hydrogen) atoms. The van der Waals surface area contributed by atoms with Gasteiger partial charge >= 0.3 is 0 Å². The predicted octanol–water partition coefficient (Wildman–Crippen LogP) is 0.960. The summed E-state index contributed by atoms with van der Waals surface area (Å²) in [6.45, 7) is 4.79. The van der Waals surface area contributed by atoms with E-state index in [1.807, 2.05) is 4.90 Å². The summed E-state index contributed by atoms with van der Waals surface area (Å²) in [5.41, 5.74) is 0. The topological polar surface area (TPSA) is 60.9 Å². The Labute approximate surface area is 137 Å². The van der Waals surface area contributed by atoms with Gasteiger partial charge in [-0.15, -0.1) is 11.8 Å². The highest BCUT2D eigenvalue weighted by Gasteiger charge is 2.44. The van der Waals surface area contributed by atoms with Crippen molar-refractivity contribution in [2.24, 2.45) is 5.92 Å². The van der Waals surface area contributed by atoms with E-state index in [-0.39, 0.29) is 5.91 Å². The summed E-state index contributed by atoms with van der Waals surface area (Å²) in [6, 6.07) is -0.509. The van der Waals surface area contributed by atoms with Crippen LogP contribution in [0.1, 0.15) is 32.6 Å². The zero-order chi connectivity index (χ0) is 15.7. The van der Waals surface area contributed by atoms with Crippen LogP contribution in [0.4, 0.5) is 0 Å². The molecule has 0 bridgehead atoms. The van der Waals surface area contributed by atoms with Crippen LogP contribution in [0, 0.1) is 5.92 Å². The number of hydrogen-bond donors (Lipinski definition) is 0. The molecule has 2 atom stereocenters. The maximum Gasteiger partial charge on any atom is 0.283 e. The third-order valence-electron chi connectivity index (χ3n) is 4.79. The van der Waals surface area contributed by atoms with Crippen molar-refractivity contribution in [1.29, 1.82) is 0 Å². The zero-order valence-electron chi connectivity index (χ0n) is 13.1. The molecule has 3 heterocycles. The van der Waals surface area contributed by atoms with E-state index in [4.69, 9.17) is 0 Å². The van der Waals surface area contributed by atoms with Crippen LogP contribution in [0.25, 0.3) is 0 Å².